The van der Waals surface area contributed by atoms with Crippen molar-refractivity contribution in [2.24, 2.45) is 0 Å². The maximum absolute atomic E-state index is 13.0. The SMILES string of the molecule is C[C@H]1CN(C(=O)c2cnc([C@H]3CCCO3)s2)c2ccccc2S1. The molecule has 1 amide bonds. The lowest BCUT2D eigenvalue weighted by Gasteiger charge is -2.32. The highest BCUT2D eigenvalue weighted by atomic mass is 32.2. The third-order valence-corrected chi connectivity index (χ3v) is 6.34. The molecular weight excluding hydrogens is 328 g/mol. The first-order valence-electron chi connectivity index (χ1n) is 7.87. The zero-order chi connectivity index (χ0) is 15.8. The molecule has 1 fully saturated rings. The van der Waals surface area contributed by atoms with E-state index in [0.29, 0.717) is 10.1 Å². The van der Waals surface area contributed by atoms with Crippen molar-refractivity contribution >= 4 is 34.7 Å². The maximum Gasteiger partial charge on any atom is 0.270 e. The topological polar surface area (TPSA) is 42.4 Å². The number of thiazole rings is 1. The lowest BCUT2D eigenvalue weighted by molar-refractivity contribution is 0.0990. The number of hydrogen-bond donors (Lipinski definition) is 0. The van der Waals surface area contributed by atoms with Crippen LogP contribution in [0.15, 0.2) is 35.4 Å². The van der Waals surface area contributed by atoms with E-state index in [9.17, 15) is 4.79 Å². The minimum Gasteiger partial charge on any atom is -0.371 e. The fraction of sp³-hybridized carbons (Fsp3) is 0.412. The van der Waals surface area contributed by atoms with Gasteiger partial charge in [0.25, 0.3) is 5.91 Å². The van der Waals surface area contributed by atoms with Gasteiger partial charge < -0.3 is 9.64 Å². The van der Waals surface area contributed by atoms with Crippen molar-refractivity contribution in [1.82, 2.24) is 4.98 Å². The molecule has 1 aromatic heterocycles. The maximum atomic E-state index is 13.0. The summed E-state index contributed by atoms with van der Waals surface area (Å²) in [5, 5.41) is 1.32. The van der Waals surface area contributed by atoms with E-state index >= 15 is 0 Å². The van der Waals surface area contributed by atoms with Crippen LogP contribution >= 0.6 is 23.1 Å². The fourth-order valence-corrected chi connectivity index (χ4v) is 5.09. The second kappa shape index (κ2) is 6.26. The summed E-state index contributed by atoms with van der Waals surface area (Å²) in [6, 6.07) is 8.11. The van der Waals surface area contributed by atoms with Gasteiger partial charge in [0.15, 0.2) is 0 Å². The molecule has 0 aliphatic carbocycles. The minimum absolute atomic E-state index is 0.0475. The number of amides is 1. The highest BCUT2D eigenvalue weighted by Crippen LogP contribution is 2.39. The average molecular weight is 346 g/mol. The number of ether oxygens (including phenoxy) is 1. The molecule has 3 heterocycles. The summed E-state index contributed by atoms with van der Waals surface area (Å²) in [5.74, 6) is 0.0475. The molecular formula is C17H18N2O2S2. The third-order valence-electron chi connectivity index (χ3n) is 4.11. The summed E-state index contributed by atoms with van der Waals surface area (Å²) >= 11 is 3.30. The van der Waals surface area contributed by atoms with Crippen molar-refractivity contribution < 1.29 is 9.53 Å². The molecule has 1 saturated heterocycles. The Labute approximate surface area is 143 Å². The monoisotopic (exact) mass is 346 g/mol. The Hall–Kier alpha value is -1.37. The van der Waals surface area contributed by atoms with E-state index < -0.39 is 0 Å². The highest BCUT2D eigenvalue weighted by molar-refractivity contribution is 8.00. The molecule has 4 nitrogen and oxygen atoms in total. The molecule has 0 radical (unpaired) electrons. The molecule has 6 heteroatoms. The zero-order valence-electron chi connectivity index (χ0n) is 12.9. The minimum atomic E-state index is 0.0475. The zero-order valence-corrected chi connectivity index (χ0v) is 14.5. The van der Waals surface area contributed by atoms with Gasteiger partial charge in [-0.15, -0.1) is 23.1 Å². The molecule has 1 aromatic carbocycles. The van der Waals surface area contributed by atoms with E-state index in [2.05, 4.69) is 18.0 Å². The summed E-state index contributed by atoms with van der Waals surface area (Å²) in [4.78, 5) is 21.2. The van der Waals surface area contributed by atoms with E-state index in [1.165, 1.54) is 16.2 Å². The van der Waals surface area contributed by atoms with Crippen molar-refractivity contribution in [3.05, 3.63) is 40.3 Å². The number of anilines is 1. The Balaban J connectivity index is 1.62. The van der Waals surface area contributed by atoms with Gasteiger partial charge in [-0.3, -0.25) is 4.79 Å². The lowest BCUT2D eigenvalue weighted by Crippen LogP contribution is -2.38. The van der Waals surface area contributed by atoms with Crippen molar-refractivity contribution in [2.45, 2.75) is 36.0 Å². The number of carbonyl (C=O) groups is 1. The Morgan fingerprint density at radius 2 is 2.26 bits per heavy atom. The molecule has 23 heavy (non-hydrogen) atoms. The predicted molar refractivity (Wildman–Crippen MR) is 93.5 cm³/mol. The molecule has 2 aliphatic heterocycles. The first-order chi connectivity index (χ1) is 11.2. The van der Waals surface area contributed by atoms with Crippen LogP contribution in [0.3, 0.4) is 0 Å². The largest absolute Gasteiger partial charge is 0.371 e. The molecule has 0 unspecified atom stereocenters. The first-order valence-corrected chi connectivity index (χ1v) is 9.57. The quantitative estimate of drug-likeness (QED) is 0.820. The number of aromatic nitrogens is 1. The number of nitrogens with zero attached hydrogens (tertiary/aromatic N) is 2. The summed E-state index contributed by atoms with van der Waals surface area (Å²) in [7, 11) is 0. The van der Waals surface area contributed by atoms with Gasteiger partial charge >= 0.3 is 0 Å². The van der Waals surface area contributed by atoms with Crippen molar-refractivity contribution in [1.29, 1.82) is 0 Å². The predicted octanol–water partition coefficient (Wildman–Crippen LogP) is 4.14. The lowest BCUT2D eigenvalue weighted by atomic mass is 10.2. The van der Waals surface area contributed by atoms with Gasteiger partial charge in [-0.2, -0.15) is 0 Å². The standard InChI is InChI=1S/C17H18N2O2S2/c1-11-10-19(12-5-2-3-7-14(12)22-11)17(20)15-9-18-16(23-15)13-6-4-8-21-13/h2-3,5,7,9,11,13H,4,6,8,10H2,1H3/t11-,13+/m0/s1. The van der Waals surface area contributed by atoms with Crippen LogP contribution in [0.5, 0.6) is 0 Å². The van der Waals surface area contributed by atoms with Gasteiger partial charge in [0, 0.05) is 23.3 Å². The normalized spacial score (nSPS) is 23.8. The Kier molecular flexibility index (Phi) is 4.13. The number of thioether (sulfide) groups is 1. The summed E-state index contributed by atoms with van der Waals surface area (Å²) < 4.78 is 5.67. The van der Waals surface area contributed by atoms with Crippen LogP contribution in [-0.4, -0.2) is 29.3 Å². The number of fused-ring (bicyclic) bond motifs is 1. The van der Waals surface area contributed by atoms with E-state index in [4.69, 9.17) is 4.74 Å². The molecule has 120 valence electrons. The van der Waals surface area contributed by atoms with Gasteiger partial charge in [-0.1, -0.05) is 19.1 Å². The van der Waals surface area contributed by atoms with Gasteiger partial charge in [0.2, 0.25) is 0 Å². The van der Waals surface area contributed by atoms with E-state index in [1.807, 2.05) is 34.9 Å². The van der Waals surface area contributed by atoms with Crippen molar-refractivity contribution in [3.63, 3.8) is 0 Å². The molecule has 0 spiro atoms. The molecule has 2 aromatic rings. The van der Waals surface area contributed by atoms with Crippen LogP contribution in [0.25, 0.3) is 0 Å². The van der Waals surface area contributed by atoms with E-state index in [1.54, 1.807) is 6.20 Å². The van der Waals surface area contributed by atoms with Gasteiger partial charge in [0.1, 0.15) is 16.0 Å². The van der Waals surface area contributed by atoms with Crippen LogP contribution in [0.1, 0.15) is 40.5 Å². The van der Waals surface area contributed by atoms with Crippen LogP contribution in [0, 0.1) is 0 Å². The number of carbonyl (C=O) groups excluding carboxylic acids is 1. The Bertz CT molecular complexity index is 725. The molecule has 4 rings (SSSR count). The van der Waals surface area contributed by atoms with Gasteiger partial charge in [0.05, 0.1) is 11.9 Å². The van der Waals surface area contributed by atoms with E-state index in [0.717, 1.165) is 36.7 Å². The van der Waals surface area contributed by atoms with Crippen molar-refractivity contribution in [3.8, 4) is 0 Å². The van der Waals surface area contributed by atoms with Crippen LogP contribution in [-0.2, 0) is 4.74 Å². The Morgan fingerprint density at radius 3 is 3.09 bits per heavy atom. The first kappa shape index (κ1) is 15.2. The second-order valence-corrected chi connectivity index (χ2v) is 8.42. The average Bonchev–Trinajstić information content (AvgIpc) is 3.24. The molecule has 0 bridgehead atoms. The number of rotatable bonds is 2. The summed E-state index contributed by atoms with van der Waals surface area (Å²) in [6.45, 7) is 3.68. The van der Waals surface area contributed by atoms with Crippen LogP contribution in [0.2, 0.25) is 0 Å². The summed E-state index contributed by atoms with van der Waals surface area (Å²) in [5.41, 5.74) is 1.01. The number of benzene rings is 1. The van der Waals surface area contributed by atoms with Crippen molar-refractivity contribution in [2.75, 3.05) is 18.1 Å². The number of para-hydroxylation sites is 1. The fourth-order valence-electron chi connectivity index (χ4n) is 3.02. The Morgan fingerprint density at radius 1 is 1.39 bits per heavy atom. The molecule has 0 N–H and O–H groups in total. The molecule has 2 atom stereocenters. The summed E-state index contributed by atoms with van der Waals surface area (Å²) in [6.07, 6.45) is 3.85. The van der Waals surface area contributed by atoms with Gasteiger partial charge in [-0.25, -0.2) is 4.98 Å². The highest BCUT2D eigenvalue weighted by Gasteiger charge is 2.29. The van der Waals surface area contributed by atoms with E-state index in [-0.39, 0.29) is 12.0 Å². The smallest absolute Gasteiger partial charge is 0.270 e. The van der Waals surface area contributed by atoms with Crippen LogP contribution in [0.4, 0.5) is 5.69 Å². The van der Waals surface area contributed by atoms with Gasteiger partial charge in [-0.05, 0) is 25.0 Å². The second-order valence-electron chi connectivity index (χ2n) is 5.88. The third kappa shape index (κ3) is 2.91. The number of hydrogen-bond acceptors (Lipinski definition) is 5. The molecule has 2 aliphatic rings. The van der Waals surface area contributed by atoms with Crippen LogP contribution < -0.4 is 4.90 Å². The molecule has 0 saturated carbocycles.